The maximum atomic E-state index is 4.06. The molecule has 0 aliphatic carbocycles. The molecule has 0 spiro atoms. The van der Waals surface area contributed by atoms with E-state index in [1.54, 1.807) is 6.33 Å². The third-order valence-electron chi connectivity index (χ3n) is 1.33. The molecule has 53 valence electrons. The molecule has 3 heteroatoms. The summed E-state index contributed by atoms with van der Waals surface area (Å²) in [6, 6.07) is 7.94. The fraction of sp³-hybridized carbons (Fsp3) is 0. The van der Waals surface area contributed by atoms with E-state index in [2.05, 4.69) is 9.97 Å². The summed E-state index contributed by atoms with van der Waals surface area (Å²) in [6.45, 7) is 0. The van der Waals surface area contributed by atoms with Crippen LogP contribution in [0, 0.1) is 0 Å². The number of H-pyrrole nitrogens is 1. The van der Waals surface area contributed by atoms with Crippen molar-refractivity contribution in [1.82, 2.24) is 9.97 Å². The van der Waals surface area contributed by atoms with E-state index < -0.39 is 0 Å². The SMILES string of the molecule is [Ir].c1ccc2[nH]cnc2c1. The standard InChI is InChI=1S/C7H6N2.Ir/c1-2-4-7-6(3-1)8-5-9-7;/h1-5H,(H,8,9);. The molecule has 0 amide bonds. The van der Waals surface area contributed by atoms with Gasteiger partial charge in [0.1, 0.15) is 0 Å². The number of benzene rings is 1. The Balaban J connectivity index is 0.000000500. The third kappa shape index (κ3) is 1.10. The Morgan fingerprint density at radius 2 is 2.00 bits per heavy atom. The summed E-state index contributed by atoms with van der Waals surface area (Å²) in [5.41, 5.74) is 2.12. The molecule has 0 saturated heterocycles. The van der Waals surface area contributed by atoms with Crippen molar-refractivity contribution in [3.8, 4) is 0 Å². The zero-order chi connectivity index (χ0) is 6.10. The quantitative estimate of drug-likeness (QED) is 0.786. The topological polar surface area (TPSA) is 28.7 Å². The summed E-state index contributed by atoms with van der Waals surface area (Å²) >= 11 is 0. The van der Waals surface area contributed by atoms with Crippen LogP contribution in [0.3, 0.4) is 0 Å². The van der Waals surface area contributed by atoms with E-state index in [4.69, 9.17) is 0 Å². The van der Waals surface area contributed by atoms with Gasteiger partial charge in [0.05, 0.1) is 17.4 Å². The van der Waals surface area contributed by atoms with Crippen molar-refractivity contribution in [2.24, 2.45) is 0 Å². The second-order valence-corrected chi connectivity index (χ2v) is 1.92. The molecule has 0 aliphatic rings. The number of hydrogen-bond donors (Lipinski definition) is 1. The first-order valence-corrected chi connectivity index (χ1v) is 2.85. The van der Waals surface area contributed by atoms with Gasteiger partial charge in [-0.25, -0.2) is 4.98 Å². The summed E-state index contributed by atoms with van der Waals surface area (Å²) in [4.78, 5) is 7.07. The zero-order valence-electron chi connectivity index (χ0n) is 5.17. The zero-order valence-corrected chi connectivity index (χ0v) is 7.56. The number of aromatic nitrogens is 2. The number of hydrogen-bond acceptors (Lipinski definition) is 1. The average molecular weight is 310 g/mol. The van der Waals surface area contributed by atoms with Crippen molar-refractivity contribution in [2.75, 3.05) is 0 Å². The molecule has 0 bridgehead atoms. The molecule has 0 saturated carbocycles. The van der Waals surface area contributed by atoms with E-state index in [-0.39, 0.29) is 20.1 Å². The molecule has 1 radical (unpaired) electrons. The fourth-order valence-corrected chi connectivity index (χ4v) is 0.880. The van der Waals surface area contributed by atoms with Crippen molar-refractivity contribution < 1.29 is 20.1 Å². The first-order valence-electron chi connectivity index (χ1n) is 2.85. The molecule has 0 aliphatic heterocycles. The van der Waals surface area contributed by atoms with Crippen LogP contribution < -0.4 is 0 Å². The molecule has 2 nitrogen and oxygen atoms in total. The van der Waals surface area contributed by atoms with Gasteiger partial charge in [0.15, 0.2) is 0 Å². The van der Waals surface area contributed by atoms with Gasteiger partial charge in [0, 0.05) is 20.1 Å². The fourth-order valence-electron chi connectivity index (χ4n) is 0.880. The maximum absolute atomic E-state index is 4.06. The van der Waals surface area contributed by atoms with Gasteiger partial charge in [-0.2, -0.15) is 0 Å². The van der Waals surface area contributed by atoms with Crippen LogP contribution in [-0.4, -0.2) is 9.97 Å². The summed E-state index contributed by atoms with van der Waals surface area (Å²) in [5, 5.41) is 0. The third-order valence-corrected chi connectivity index (χ3v) is 1.33. The first-order chi connectivity index (χ1) is 4.47. The van der Waals surface area contributed by atoms with Crippen LogP contribution in [0.25, 0.3) is 11.0 Å². The smallest absolute Gasteiger partial charge is 0.0931 e. The normalized spacial score (nSPS) is 9.20. The van der Waals surface area contributed by atoms with Gasteiger partial charge in [-0.1, -0.05) is 12.1 Å². The van der Waals surface area contributed by atoms with Crippen LogP contribution in [0.15, 0.2) is 30.6 Å². The second kappa shape index (κ2) is 2.95. The van der Waals surface area contributed by atoms with E-state index in [1.807, 2.05) is 24.3 Å². The second-order valence-electron chi connectivity index (χ2n) is 1.92. The van der Waals surface area contributed by atoms with Gasteiger partial charge in [-0.3, -0.25) is 0 Å². The van der Waals surface area contributed by atoms with Crippen LogP contribution in [-0.2, 0) is 20.1 Å². The molecule has 1 aromatic carbocycles. The molecule has 2 rings (SSSR count). The van der Waals surface area contributed by atoms with Crippen molar-refractivity contribution in [2.45, 2.75) is 0 Å². The van der Waals surface area contributed by atoms with Gasteiger partial charge < -0.3 is 4.98 Å². The Kier molecular flexibility index (Phi) is 2.20. The summed E-state index contributed by atoms with van der Waals surface area (Å²) < 4.78 is 0. The molecule has 1 N–H and O–H groups in total. The molecular formula is C7H6IrN2. The minimum atomic E-state index is 0. The number of imidazole rings is 1. The van der Waals surface area contributed by atoms with E-state index in [0.717, 1.165) is 11.0 Å². The minimum Gasteiger partial charge on any atom is -0.345 e. The van der Waals surface area contributed by atoms with Crippen LogP contribution in [0.2, 0.25) is 0 Å². The number of para-hydroxylation sites is 2. The van der Waals surface area contributed by atoms with E-state index in [0.29, 0.717) is 0 Å². The molecule has 1 aromatic heterocycles. The predicted octanol–water partition coefficient (Wildman–Crippen LogP) is 1.56. The Morgan fingerprint density at radius 1 is 1.20 bits per heavy atom. The van der Waals surface area contributed by atoms with E-state index in [1.165, 1.54) is 0 Å². The monoisotopic (exact) mass is 311 g/mol. The minimum absolute atomic E-state index is 0. The van der Waals surface area contributed by atoms with Crippen LogP contribution in [0.5, 0.6) is 0 Å². The molecular weight excluding hydrogens is 304 g/mol. The number of nitrogens with zero attached hydrogens (tertiary/aromatic N) is 1. The van der Waals surface area contributed by atoms with Crippen molar-refractivity contribution in [1.29, 1.82) is 0 Å². The van der Waals surface area contributed by atoms with E-state index in [9.17, 15) is 0 Å². The van der Waals surface area contributed by atoms with Crippen molar-refractivity contribution in [3.05, 3.63) is 30.6 Å². The van der Waals surface area contributed by atoms with Crippen LogP contribution >= 0.6 is 0 Å². The van der Waals surface area contributed by atoms with Crippen LogP contribution in [0.4, 0.5) is 0 Å². The average Bonchev–Trinajstić information content (AvgIpc) is 2.33. The van der Waals surface area contributed by atoms with Gasteiger partial charge in [-0.05, 0) is 12.1 Å². The number of fused-ring (bicyclic) bond motifs is 1. The number of aromatic amines is 1. The molecule has 10 heavy (non-hydrogen) atoms. The van der Waals surface area contributed by atoms with Gasteiger partial charge >= 0.3 is 0 Å². The van der Waals surface area contributed by atoms with Gasteiger partial charge in [0.25, 0.3) is 0 Å². The Labute approximate surface area is 72.0 Å². The van der Waals surface area contributed by atoms with Crippen LogP contribution in [0.1, 0.15) is 0 Å². The number of nitrogens with one attached hydrogen (secondary N) is 1. The maximum Gasteiger partial charge on any atom is 0.0931 e. The Bertz CT molecular complexity index is 286. The molecule has 0 fully saturated rings. The molecule has 1 heterocycles. The van der Waals surface area contributed by atoms with E-state index >= 15 is 0 Å². The van der Waals surface area contributed by atoms with Crippen molar-refractivity contribution in [3.63, 3.8) is 0 Å². The summed E-state index contributed by atoms with van der Waals surface area (Å²) in [6.07, 6.45) is 1.70. The first kappa shape index (κ1) is 7.45. The Morgan fingerprint density at radius 3 is 2.80 bits per heavy atom. The molecule has 0 atom stereocenters. The van der Waals surface area contributed by atoms with Gasteiger partial charge in [-0.15, -0.1) is 0 Å². The number of rotatable bonds is 0. The summed E-state index contributed by atoms with van der Waals surface area (Å²) in [5.74, 6) is 0. The predicted molar refractivity (Wildman–Crippen MR) is 36.1 cm³/mol. The van der Waals surface area contributed by atoms with Crippen molar-refractivity contribution >= 4 is 11.0 Å². The van der Waals surface area contributed by atoms with Gasteiger partial charge in [0.2, 0.25) is 0 Å². The Hall–Kier alpha value is -0.661. The molecule has 0 unspecified atom stereocenters. The largest absolute Gasteiger partial charge is 0.345 e. The molecule has 2 aromatic rings. The summed E-state index contributed by atoms with van der Waals surface area (Å²) in [7, 11) is 0.